The number of hydrogen-bond acceptors (Lipinski definition) is 5. The molecule has 0 atom stereocenters. The Morgan fingerprint density at radius 3 is 2.32 bits per heavy atom. The van der Waals surface area contributed by atoms with E-state index >= 15 is 0 Å². The number of carbonyl (C=O) groups excluding carboxylic acids is 1. The molecule has 2 heterocycles. The summed E-state index contributed by atoms with van der Waals surface area (Å²) in [6, 6.07) is 16.1. The second-order valence-corrected chi connectivity index (χ2v) is 6.91. The molecular weight excluding hydrogens is 383 g/mol. The van der Waals surface area contributed by atoms with Crippen molar-refractivity contribution in [2.45, 2.75) is 0 Å². The SMILES string of the molecule is O=C(c1ccccc1)c1c([N+](=O)[O-])sc2c1ccc(=O)n2-c1ccc(F)cc1. The molecule has 0 amide bonds. The predicted molar refractivity (Wildman–Crippen MR) is 104 cm³/mol. The molecule has 0 fully saturated rings. The molecule has 0 aliphatic heterocycles. The Kier molecular flexibility index (Phi) is 4.32. The Balaban J connectivity index is 2.04. The molecule has 6 nitrogen and oxygen atoms in total. The zero-order valence-electron chi connectivity index (χ0n) is 14.2. The molecule has 138 valence electrons. The number of thiophene rings is 1. The van der Waals surface area contributed by atoms with Crippen molar-refractivity contribution in [1.82, 2.24) is 4.57 Å². The van der Waals surface area contributed by atoms with E-state index in [4.69, 9.17) is 0 Å². The summed E-state index contributed by atoms with van der Waals surface area (Å²) in [5.41, 5.74) is 0.165. The van der Waals surface area contributed by atoms with E-state index in [-0.39, 0.29) is 15.4 Å². The topological polar surface area (TPSA) is 82.2 Å². The molecule has 2 aromatic carbocycles. The number of nitro groups is 1. The Bertz CT molecular complexity index is 1280. The zero-order chi connectivity index (χ0) is 19.8. The quantitative estimate of drug-likeness (QED) is 0.293. The van der Waals surface area contributed by atoms with Gasteiger partial charge in [-0.3, -0.25) is 24.3 Å². The summed E-state index contributed by atoms with van der Waals surface area (Å²) >= 11 is 0.744. The lowest BCUT2D eigenvalue weighted by atomic mass is 10.0. The fourth-order valence-corrected chi connectivity index (χ4v) is 4.12. The normalized spacial score (nSPS) is 10.9. The molecule has 0 saturated carbocycles. The van der Waals surface area contributed by atoms with Crippen molar-refractivity contribution in [3.63, 3.8) is 0 Å². The molecule has 0 saturated heterocycles. The van der Waals surface area contributed by atoms with E-state index < -0.39 is 22.1 Å². The van der Waals surface area contributed by atoms with Crippen LogP contribution in [0.1, 0.15) is 15.9 Å². The minimum absolute atomic E-state index is 0.0629. The van der Waals surface area contributed by atoms with Gasteiger partial charge in [-0.25, -0.2) is 4.39 Å². The lowest BCUT2D eigenvalue weighted by Crippen LogP contribution is -2.16. The molecule has 0 spiro atoms. The molecule has 8 heteroatoms. The summed E-state index contributed by atoms with van der Waals surface area (Å²) in [5, 5.41) is 11.6. The van der Waals surface area contributed by atoms with Gasteiger partial charge in [0.2, 0.25) is 5.78 Å². The van der Waals surface area contributed by atoms with Gasteiger partial charge in [-0.15, -0.1) is 0 Å². The molecule has 0 aliphatic carbocycles. The van der Waals surface area contributed by atoms with E-state index in [0.717, 1.165) is 11.3 Å². The Morgan fingerprint density at radius 2 is 1.68 bits per heavy atom. The Morgan fingerprint density at radius 1 is 1.00 bits per heavy atom. The third kappa shape index (κ3) is 2.89. The average molecular weight is 394 g/mol. The molecule has 0 bridgehead atoms. The van der Waals surface area contributed by atoms with E-state index in [1.807, 2.05) is 0 Å². The smallest absolute Gasteiger partial charge is 0.288 e. The van der Waals surface area contributed by atoms with Gasteiger partial charge in [-0.2, -0.15) is 0 Å². The Hall–Kier alpha value is -3.65. The number of hydrogen-bond donors (Lipinski definition) is 0. The van der Waals surface area contributed by atoms with Gasteiger partial charge in [0.25, 0.3) is 5.56 Å². The molecule has 0 unspecified atom stereocenters. The number of ketones is 1. The van der Waals surface area contributed by atoms with Crippen LogP contribution in [0.5, 0.6) is 0 Å². The molecule has 0 N–H and O–H groups in total. The highest BCUT2D eigenvalue weighted by molar-refractivity contribution is 7.22. The van der Waals surface area contributed by atoms with Gasteiger partial charge in [0, 0.05) is 17.0 Å². The minimum atomic E-state index is -0.625. The first-order valence-electron chi connectivity index (χ1n) is 8.16. The zero-order valence-corrected chi connectivity index (χ0v) is 15.0. The van der Waals surface area contributed by atoms with Crippen LogP contribution in [0.25, 0.3) is 15.9 Å². The molecular formula is C20H11FN2O4S. The molecule has 4 aromatic rings. The predicted octanol–water partition coefficient (Wildman–Crippen LogP) is 4.33. The molecule has 28 heavy (non-hydrogen) atoms. The van der Waals surface area contributed by atoms with Crippen molar-refractivity contribution in [3.8, 4) is 5.69 Å². The number of fused-ring (bicyclic) bond motifs is 1. The standard InChI is InChI=1S/C20H11FN2O4S/c21-13-6-8-14(9-7-13)22-16(24)11-10-15-17(20(23(26)27)28-19(15)22)18(25)12-4-2-1-3-5-12/h1-11H. The van der Waals surface area contributed by atoms with Crippen LogP contribution in [0.4, 0.5) is 9.39 Å². The van der Waals surface area contributed by atoms with Crippen LogP contribution in [0.3, 0.4) is 0 Å². The number of aromatic nitrogens is 1. The van der Waals surface area contributed by atoms with Gasteiger partial charge in [-0.05, 0) is 41.7 Å². The van der Waals surface area contributed by atoms with E-state index in [1.165, 1.54) is 41.0 Å². The summed E-state index contributed by atoms with van der Waals surface area (Å²) in [7, 11) is 0. The summed E-state index contributed by atoms with van der Waals surface area (Å²) in [5.74, 6) is -0.969. The Labute approximate surface area is 161 Å². The van der Waals surface area contributed by atoms with Crippen molar-refractivity contribution in [1.29, 1.82) is 0 Å². The largest absolute Gasteiger partial charge is 0.337 e. The van der Waals surface area contributed by atoms with Crippen molar-refractivity contribution >= 4 is 32.3 Å². The first-order valence-corrected chi connectivity index (χ1v) is 8.97. The third-order valence-corrected chi connectivity index (χ3v) is 5.38. The van der Waals surface area contributed by atoms with Crippen LogP contribution in [0.2, 0.25) is 0 Å². The van der Waals surface area contributed by atoms with Crippen LogP contribution in [-0.2, 0) is 0 Å². The fraction of sp³-hybridized carbons (Fsp3) is 0. The highest BCUT2D eigenvalue weighted by Crippen LogP contribution is 2.38. The summed E-state index contributed by atoms with van der Waals surface area (Å²) in [4.78, 5) is 36.7. The summed E-state index contributed by atoms with van der Waals surface area (Å²) < 4.78 is 14.5. The van der Waals surface area contributed by atoms with Gasteiger partial charge in [0.1, 0.15) is 16.2 Å². The number of carbonyl (C=O) groups is 1. The highest BCUT2D eigenvalue weighted by Gasteiger charge is 2.29. The number of nitrogens with zero attached hydrogens (tertiary/aromatic N) is 2. The summed E-state index contributed by atoms with van der Waals surface area (Å²) in [6.07, 6.45) is 0. The molecule has 2 aromatic heterocycles. The monoisotopic (exact) mass is 394 g/mol. The van der Waals surface area contributed by atoms with E-state index in [0.29, 0.717) is 16.6 Å². The lowest BCUT2D eigenvalue weighted by molar-refractivity contribution is -0.380. The van der Waals surface area contributed by atoms with Crippen LogP contribution in [0.15, 0.2) is 71.5 Å². The van der Waals surface area contributed by atoms with Crippen LogP contribution in [0, 0.1) is 15.9 Å². The highest BCUT2D eigenvalue weighted by atomic mass is 32.1. The van der Waals surface area contributed by atoms with E-state index in [9.17, 15) is 24.1 Å². The van der Waals surface area contributed by atoms with Gasteiger partial charge in [0.15, 0.2) is 0 Å². The number of rotatable bonds is 4. The van der Waals surface area contributed by atoms with Gasteiger partial charge in [0.05, 0.1) is 10.6 Å². The molecule has 4 rings (SSSR count). The van der Waals surface area contributed by atoms with Gasteiger partial charge >= 0.3 is 5.00 Å². The first-order chi connectivity index (χ1) is 13.5. The number of benzene rings is 2. The van der Waals surface area contributed by atoms with Crippen molar-refractivity contribution < 1.29 is 14.1 Å². The van der Waals surface area contributed by atoms with Crippen LogP contribution >= 0.6 is 11.3 Å². The molecule has 0 aliphatic rings. The van der Waals surface area contributed by atoms with Crippen LogP contribution < -0.4 is 5.56 Å². The van der Waals surface area contributed by atoms with Crippen LogP contribution in [-0.4, -0.2) is 15.3 Å². The second-order valence-electron chi connectivity index (χ2n) is 5.94. The van der Waals surface area contributed by atoms with Crippen molar-refractivity contribution in [2.24, 2.45) is 0 Å². The minimum Gasteiger partial charge on any atom is -0.288 e. The number of pyridine rings is 1. The third-order valence-electron chi connectivity index (χ3n) is 4.24. The van der Waals surface area contributed by atoms with E-state index in [1.54, 1.807) is 30.3 Å². The fourth-order valence-electron chi connectivity index (χ4n) is 2.99. The van der Waals surface area contributed by atoms with Gasteiger partial charge < -0.3 is 0 Å². The first kappa shape index (κ1) is 17.7. The average Bonchev–Trinajstić information content (AvgIpc) is 3.09. The maximum Gasteiger partial charge on any atom is 0.337 e. The second kappa shape index (κ2) is 6.82. The van der Waals surface area contributed by atoms with Crippen molar-refractivity contribution in [3.05, 3.63) is 104 Å². The maximum atomic E-state index is 13.3. The van der Waals surface area contributed by atoms with E-state index in [2.05, 4.69) is 0 Å². The summed E-state index contributed by atoms with van der Waals surface area (Å²) in [6.45, 7) is 0. The molecule has 0 radical (unpaired) electrons. The lowest BCUT2D eigenvalue weighted by Gasteiger charge is -2.07. The number of halogens is 1. The van der Waals surface area contributed by atoms with Crippen molar-refractivity contribution in [2.75, 3.05) is 0 Å². The maximum absolute atomic E-state index is 13.3. The van der Waals surface area contributed by atoms with Gasteiger partial charge in [-0.1, -0.05) is 30.3 Å².